The number of nitrogens with zero attached hydrogens (tertiary/aromatic N) is 4. The van der Waals surface area contributed by atoms with Crippen LogP contribution in [0.25, 0.3) is 0 Å². The molecule has 11 nitrogen and oxygen atoms in total. The van der Waals surface area contributed by atoms with Gasteiger partial charge in [0, 0.05) is 26.6 Å². The van der Waals surface area contributed by atoms with Gasteiger partial charge in [-0.15, -0.1) is 5.10 Å². The number of aryl methyl sites for hydroxylation is 1. The number of thioether (sulfide) groups is 1. The molecule has 1 amide bonds. The van der Waals surface area contributed by atoms with Crippen LogP contribution in [0.2, 0.25) is 0 Å². The third-order valence-electron chi connectivity index (χ3n) is 4.36. The monoisotopic (exact) mass is 439 g/mol. The lowest BCUT2D eigenvalue weighted by Crippen LogP contribution is -2.43. The summed E-state index contributed by atoms with van der Waals surface area (Å²) in [4.78, 5) is 45.5. The van der Waals surface area contributed by atoms with Gasteiger partial charge in [-0.3, -0.25) is 24.2 Å². The third-order valence-corrected chi connectivity index (χ3v) is 5.19. The molecule has 2 heterocycles. The highest BCUT2D eigenvalue weighted by Gasteiger charge is 2.24. The fourth-order valence-corrected chi connectivity index (χ4v) is 3.51. The standard InChI is InChI=1S/C18H29N7O4S/c1-4-6-8-25-15(19)14(16(27)21-18(25)28)24(9-10-29-3)13(26)11-30-17-20-12(7-5-2)22-23-17/h4-11,19H2,1-3H3,(H,20,22,23)(H,21,27,28). The van der Waals surface area contributed by atoms with E-state index in [2.05, 4.69) is 20.2 Å². The molecule has 30 heavy (non-hydrogen) atoms. The van der Waals surface area contributed by atoms with Crippen molar-refractivity contribution in [2.24, 2.45) is 0 Å². The second kappa shape index (κ2) is 11.6. The molecule has 0 bridgehead atoms. The molecule has 0 aliphatic carbocycles. The summed E-state index contributed by atoms with van der Waals surface area (Å²) in [6, 6.07) is 0. The Bertz CT molecular complexity index is 953. The van der Waals surface area contributed by atoms with Crippen LogP contribution in [0.1, 0.15) is 38.9 Å². The number of carbonyl (C=O) groups excluding carboxylic acids is 1. The van der Waals surface area contributed by atoms with Crippen LogP contribution in [0.4, 0.5) is 11.5 Å². The number of unbranched alkanes of at least 4 members (excludes halogenated alkanes) is 1. The van der Waals surface area contributed by atoms with Crippen molar-refractivity contribution in [3.05, 3.63) is 26.7 Å². The van der Waals surface area contributed by atoms with Gasteiger partial charge in [-0.05, 0) is 12.8 Å². The number of nitrogens with one attached hydrogen (secondary N) is 2. The van der Waals surface area contributed by atoms with E-state index in [0.29, 0.717) is 18.1 Å². The lowest BCUT2D eigenvalue weighted by molar-refractivity contribution is -0.116. The Balaban J connectivity index is 2.28. The molecule has 2 aromatic heterocycles. The molecule has 0 aliphatic heterocycles. The number of H-pyrrole nitrogens is 2. The van der Waals surface area contributed by atoms with Crippen molar-refractivity contribution in [1.29, 1.82) is 0 Å². The number of hydrogen-bond acceptors (Lipinski definition) is 8. The second-order valence-corrected chi connectivity index (χ2v) is 7.58. The quantitative estimate of drug-likeness (QED) is 0.410. The minimum Gasteiger partial charge on any atom is -0.383 e. The zero-order chi connectivity index (χ0) is 22.1. The second-order valence-electron chi connectivity index (χ2n) is 6.64. The highest BCUT2D eigenvalue weighted by molar-refractivity contribution is 7.99. The van der Waals surface area contributed by atoms with Crippen molar-refractivity contribution in [3.63, 3.8) is 0 Å². The number of carbonyl (C=O) groups is 1. The van der Waals surface area contributed by atoms with Gasteiger partial charge in [0.1, 0.15) is 11.6 Å². The van der Waals surface area contributed by atoms with Gasteiger partial charge >= 0.3 is 5.69 Å². The van der Waals surface area contributed by atoms with Crippen LogP contribution in [0.5, 0.6) is 0 Å². The van der Waals surface area contributed by atoms with Crippen molar-refractivity contribution in [2.45, 2.75) is 51.2 Å². The van der Waals surface area contributed by atoms with Crippen molar-refractivity contribution < 1.29 is 9.53 Å². The molecular weight excluding hydrogens is 410 g/mol. The molecule has 2 rings (SSSR count). The summed E-state index contributed by atoms with van der Waals surface area (Å²) in [6.07, 6.45) is 3.26. The van der Waals surface area contributed by atoms with Gasteiger partial charge in [-0.1, -0.05) is 32.0 Å². The van der Waals surface area contributed by atoms with Crippen LogP contribution < -0.4 is 21.9 Å². The number of amides is 1. The first kappa shape index (κ1) is 23.7. The van der Waals surface area contributed by atoms with Crippen molar-refractivity contribution in [1.82, 2.24) is 24.7 Å². The zero-order valence-electron chi connectivity index (χ0n) is 17.6. The largest absolute Gasteiger partial charge is 0.383 e. The predicted octanol–water partition coefficient (Wildman–Crippen LogP) is 0.761. The number of anilines is 2. The Morgan fingerprint density at radius 3 is 2.73 bits per heavy atom. The van der Waals surface area contributed by atoms with Crippen LogP contribution in [0, 0.1) is 0 Å². The molecule has 166 valence electrons. The number of ether oxygens (including phenoxy) is 1. The SMILES string of the molecule is CCCCn1c(N)c(N(CCOC)C(=O)CSc2n[nH]c(CCC)n2)c(=O)[nH]c1=O. The minimum atomic E-state index is -0.706. The minimum absolute atomic E-state index is 0.0000983. The first-order valence-electron chi connectivity index (χ1n) is 9.88. The van der Waals surface area contributed by atoms with E-state index < -0.39 is 11.2 Å². The van der Waals surface area contributed by atoms with Crippen LogP contribution in [0.3, 0.4) is 0 Å². The van der Waals surface area contributed by atoms with E-state index in [1.54, 1.807) is 0 Å². The van der Waals surface area contributed by atoms with E-state index in [0.717, 1.165) is 36.8 Å². The van der Waals surface area contributed by atoms with Gasteiger partial charge in [-0.25, -0.2) is 9.78 Å². The normalized spacial score (nSPS) is 11.0. The average Bonchev–Trinajstić information content (AvgIpc) is 3.16. The van der Waals surface area contributed by atoms with E-state index in [1.807, 2.05) is 13.8 Å². The molecule has 2 aromatic rings. The molecule has 4 N–H and O–H groups in total. The maximum absolute atomic E-state index is 13.0. The summed E-state index contributed by atoms with van der Waals surface area (Å²) in [5.74, 6) is 0.360. The number of nitrogens with two attached hydrogens (primary N) is 1. The van der Waals surface area contributed by atoms with Crippen LogP contribution in [-0.4, -0.2) is 56.7 Å². The van der Waals surface area contributed by atoms with Gasteiger partial charge in [0.05, 0.1) is 12.4 Å². The number of aromatic nitrogens is 5. The zero-order valence-corrected chi connectivity index (χ0v) is 18.4. The van der Waals surface area contributed by atoms with Gasteiger partial charge in [0.25, 0.3) is 5.56 Å². The molecular formula is C18H29N7O4S. The molecule has 0 unspecified atom stereocenters. The topological polar surface area (TPSA) is 152 Å². The number of rotatable bonds is 12. The number of nitrogen functional groups attached to an aromatic ring is 1. The van der Waals surface area contributed by atoms with Crippen molar-refractivity contribution in [2.75, 3.05) is 36.6 Å². The lowest BCUT2D eigenvalue weighted by atomic mass is 10.3. The van der Waals surface area contributed by atoms with Gasteiger partial charge in [0.15, 0.2) is 5.69 Å². The molecule has 0 fully saturated rings. The molecule has 0 aliphatic rings. The highest BCUT2D eigenvalue weighted by Crippen LogP contribution is 2.20. The Labute approximate surface area is 178 Å². The van der Waals surface area contributed by atoms with E-state index >= 15 is 0 Å². The average molecular weight is 440 g/mol. The summed E-state index contributed by atoms with van der Waals surface area (Å²) in [6.45, 7) is 4.68. The third kappa shape index (κ3) is 5.95. The molecule has 0 atom stereocenters. The smallest absolute Gasteiger partial charge is 0.330 e. The Hall–Kier alpha value is -2.60. The molecule has 0 saturated heterocycles. The summed E-state index contributed by atoms with van der Waals surface area (Å²) >= 11 is 1.16. The molecule has 0 aromatic carbocycles. The van der Waals surface area contributed by atoms with Crippen LogP contribution >= 0.6 is 11.8 Å². The summed E-state index contributed by atoms with van der Waals surface area (Å²) in [5, 5.41) is 7.38. The van der Waals surface area contributed by atoms with E-state index in [-0.39, 0.29) is 36.3 Å². The first-order valence-corrected chi connectivity index (χ1v) is 10.9. The van der Waals surface area contributed by atoms with Crippen LogP contribution in [-0.2, 0) is 22.5 Å². The summed E-state index contributed by atoms with van der Waals surface area (Å²) in [7, 11) is 1.50. The maximum atomic E-state index is 13.0. The highest BCUT2D eigenvalue weighted by atomic mass is 32.2. The number of aromatic amines is 2. The van der Waals surface area contributed by atoms with Gasteiger partial charge in [0.2, 0.25) is 11.1 Å². The van der Waals surface area contributed by atoms with Crippen molar-refractivity contribution in [3.8, 4) is 0 Å². The van der Waals surface area contributed by atoms with E-state index in [1.165, 1.54) is 16.6 Å². The van der Waals surface area contributed by atoms with Crippen molar-refractivity contribution >= 4 is 29.2 Å². The first-order chi connectivity index (χ1) is 14.4. The summed E-state index contributed by atoms with van der Waals surface area (Å²) < 4.78 is 6.37. The van der Waals surface area contributed by atoms with E-state index in [4.69, 9.17) is 10.5 Å². The Kier molecular flexibility index (Phi) is 9.12. The molecule has 0 saturated carbocycles. The summed E-state index contributed by atoms with van der Waals surface area (Å²) in [5.41, 5.74) is 4.81. The van der Waals surface area contributed by atoms with E-state index in [9.17, 15) is 14.4 Å². The Morgan fingerprint density at radius 1 is 1.30 bits per heavy atom. The molecule has 0 radical (unpaired) electrons. The number of hydrogen-bond donors (Lipinski definition) is 3. The maximum Gasteiger partial charge on any atom is 0.330 e. The van der Waals surface area contributed by atoms with Gasteiger partial charge in [-0.2, -0.15) is 0 Å². The lowest BCUT2D eigenvalue weighted by Gasteiger charge is -2.24. The molecule has 0 spiro atoms. The predicted molar refractivity (Wildman–Crippen MR) is 116 cm³/mol. The van der Waals surface area contributed by atoms with Gasteiger partial charge < -0.3 is 15.4 Å². The van der Waals surface area contributed by atoms with Crippen LogP contribution in [0.15, 0.2) is 14.7 Å². The Morgan fingerprint density at radius 2 is 2.07 bits per heavy atom. The fraction of sp³-hybridized carbons (Fsp3) is 0.611. The molecule has 12 heteroatoms. The number of methoxy groups -OCH3 is 1. The fourth-order valence-electron chi connectivity index (χ4n) is 2.82.